The minimum atomic E-state index is -0.807. The van der Waals surface area contributed by atoms with E-state index >= 15 is 0 Å². The summed E-state index contributed by atoms with van der Waals surface area (Å²) in [6.07, 6.45) is 9.27. The lowest BCUT2D eigenvalue weighted by atomic mass is 9.92. The van der Waals surface area contributed by atoms with Gasteiger partial charge in [0.25, 0.3) is 0 Å². The minimum Gasteiger partial charge on any atom is -0.481 e. The number of nitrogens with one attached hydrogen (secondary N) is 1. The molecule has 3 heterocycles. The average Bonchev–Trinajstić information content (AvgIpc) is 2.72. The van der Waals surface area contributed by atoms with E-state index in [9.17, 15) is 15.0 Å². The summed E-state index contributed by atoms with van der Waals surface area (Å²) in [6.45, 7) is 2.75. The molecule has 1 aliphatic heterocycles. The first kappa shape index (κ1) is 21.2. The van der Waals surface area contributed by atoms with Gasteiger partial charge in [0, 0.05) is 18.9 Å². The number of nitrogens with zero attached hydrogens (tertiary/aromatic N) is 3. The van der Waals surface area contributed by atoms with Crippen LogP contribution in [0, 0.1) is 6.92 Å². The fourth-order valence-corrected chi connectivity index (χ4v) is 3.79. The van der Waals surface area contributed by atoms with E-state index in [0.717, 1.165) is 62.1 Å². The molecule has 0 bridgehead atoms. The van der Waals surface area contributed by atoms with Gasteiger partial charge in [0.2, 0.25) is 0 Å². The van der Waals surface area contributed by atoms with Gasteiger partial charge in [-0.05, 0) is 55.7 Å². The van der Waals surface area contributed by atoms with E-state index in [1.54, 1.807) is 12.4 Å². The Bertz CT molecular complexity index is 810. The molecule has 0 saturated carbocycles. The number of hydrogen-bond acceptors (Lipinski definition) is 6. The molecule has 0 fully saturated rings. The standard InChI is InChI=1S/C22H30N4O3/c1-15-24-13-18(14-25-15)17(12-21(28)29)6-3-2-4-8-20(27)19-10-9-16-7-5-11-23-22(16)26-19/h9-10,13-14,17,20,27H,2-8,11-12H2,1H3,(H,23,26)(H,28,29)/t17-,20?/m0/s1. The number of hydrogen-bond donors (Lipinski definition) is 3. The number of aliphatic hydroxyl groups excluding tert-OH is 1. The topological polar surface area (TPSA) is 108 Å². The summed E-state index contributed by atoms with van der Waals surface area (Å²) in [4.78, 5) is 24.2. The van der Waals surface area contributed by atoms with Gasteiger partial charge in [-0.25, -0.2) is 15.0 Å². The van der Waals surface area contributed by atoms with Crippen LogP contribution < -0.4 is 5.32 Å². The number of rotatable bonds is 10. The lowest BCUT2D eigenvalue weighted by Crippen LogP contribution is -2.14. The number of aliphatic carboxylic acids is 1. The highest BCUT2D eigenvalue weighted by atomic mass is 16.4. The predicted octanol–water partition coefficient (Wildman–Crippen LogP) is 3.78. The van der Waals surface area contributed by atoms with Crippen LogP contribution in [0.3, 0.4) is 0 Å². The Morgan fingerprint density at radius 1 is 1.17 bits per heavy atom. The number of carbonyl (C=O) groups is 1. The van der Waals surface area contributed by atoms with Crippen LogP contribution in [-0.2, 0) is 11.2 Å². The number of carboxylic acid groups (broad SMARTS) is 1. The van der Waals surface area contributed by atoms with Gasteiger partial charge < -0.3 is 15.5 Å². The smallest absolute Gasteiger partial charge is 0.303 e. The molecule has 2 aromatic heterocycles. The zero-order chi connectivity index (χ0) is 20.6. The molecule has 0 saturated heterocycles. The van der Waals surface area contributed by atoms with Gasteiger partial charge in [0.15, 0.2) is 0 Å². The molecule has 3 rings (SSSR count). The summed E-state index contributed by atoms with van der Waals surface area (Å²) in [5.74, 6) is 0.705. The molecule has 1 unspecified atom stereocenters. The maximum atomic E-state index is 11.2. The maximum absolute atomic E-state index is 11.2. The predicted molar refractivity (Wildman–Crippen MR) is 111 cm³/mol. The third kappa shape index (κ3) is 6.22. The van der Waals surface area contributed by atoms with Gasteiger partial charge in [-0.1, -0.05) is 25.3 Å². The second-order valence-corrected chi connectivity index (χ2v) is 7.79. The highest BCUT2D eigenvalue weighted by Crippen LogP contribution is 2.27. The van der Waals surface area contributed by atoms with Crippen LogP contribution in [0.4, 0.5) is 5.82 Å². The lowest BCUT2D eigenvalue weighted by Gasteiger charge is -2.19. The molecule has 0 aromatic carbocycles. The molecule has 7 heteroatoms. The molecule has 0 amide bonds. The first-order chi connectivity index (χ1) is 14.0. The van der Waals surface area contributed by atoms with Gasteiger partial charge in [-0.3, -0.25) is 4.79 Å². The molecular weight excluding hydrogens is 368 g/mol. The number of aliphatic hydroxyl groups is 1. The largest absolute Gasteiger partial charge is 0.481 e. The summed E-state index contributed by atoms with van der Waals surface area (Å²) >= 11 is 0. The summed E-state index contributed by atoms with van der Waals surface area (Å²) in [7, 11) is 0. The van der Waals surface area contributed by atoms with Crippen LogP contribution in [0.1, 0.15) is 79.6 Å². The molecule has 2 aromatic rings. The molecule has 7 nitrogen and oxygen atoms in total. The third-order valence-corrected chi connectivity index (χ3v) is 5.48. The van der Waals surface area contributed by atoms with Gasteiger partial charge in [-0.2, -0.15) is 0 Å². The summed E-state index contributed by atoms with van der Waals surface area (Å²) < 4.78 is 0. The Labute approximate surface area is 171 Å². The Hall–Kier alpha value is -2.54. The number of aromatic nitrogens is 3. The van der Waals surface area contributed by atoms with Crippen LogP contribution in [0.5, 0.6) is 0 Å². The van der Waals surface area contributed by atoms with Crippen molar-refractivity contribution in [3.63, 3.8) is 0 Å². The molecule has 3 N–H and O–H groups in total. The summed E-state index contributed by atoms with van der Waals surface area (Å²) in [5.41, 5.74) is 2.82. The van der Waals surface area contributed by atoms with Crippen molar-refractivity contribution in [2.24, 2.45) is 0 Å². The van der Waals surface area contributed by atoms with Crippen LogP contribution >= 0.6 is 0 Å². The number of aryl methyl sites for hydroxylation is 2. The zero-order valence-corrected chi connectivity index (χ0v) is 17.0. The Kier molecular flexibility index (Phi) is 7.52. The lowest BCUT2D eigenvalue weighted by molar-refractivity contribution is -0.137. The number of carboxylic acids is 1. The Morgan fingerprint density at radius 3 is 2.69 bits per heavy atom. The highest BCUT2D eigenvalue weighted by molar-refractivity contribution is 5.68. The van der Waals surface area contributed by atoms with Gasteiger partial charge >= 0.3 is 5.97 Å². The van der Waals surface area contributed by atoms with Gasteiger partial charge in [0.05, 0.1) is 18.2 Å². The minimum absolute atomic E-state index is 0.0774. The second kappa shape index (κ2) is 10.3. The Morgan fingerprint density at radius 2 is 1.93 bits per heavy atom. The van der Waals surface area contributed by atoms with Crippen LogP contribution in [0.25, 0.3) is 0 Å². The van der Waals surface area contributed by atoms with Crippen molar-refractivity contribution in [3.8, 4) is 0 Å². The molecular formula is C22H30N4O3. The van der Waals surface area contributed by atoms with Gasteiger partial charge in [0.1, 0.15) is 11.6 Å². The van der Waals surface area contributed by atoms with Crippen molar-refractivity contribution in [1.29, 1.82) is 0 Å². The fourth-order valence-electron chi connectivity index (χ4n) is 3.79. The van der Waals surface area contributed by atoms with Crippen molar-refractivity contribution >= 4 is 11.8 Å². The van der Waals surface area contributed by atoms with Crippen LogP contribution in [0.2, 0.25) is 0 Å². The second-order valence-electron chi connectivity index (χ2n) is 7.79. The number of pyridine rings is 1. The van der Waals surface area contributed by atoms with Gasteiger partial charge in [-0.15, -0.1) is 0 Å². The number of unbranched alkanes of at least 4 members (excludes halogenated alkanes) is 2. The first-order valence-corrected chi connectivity index (χ1v) is 10.4. The van der Waals surface area contributed by atoms with E-state index < -0.39 is 12.1 Å². The van der Waals surface area contributed by atoms with E-state index in [1.165, 1.54) is 5.56 Å². The van der Waals surface area contributed by atoms with Crippen LogP contribution in [-0.4, -0.2) is 37.7 Å². The molecule has 29 heavy (non-hydrogen) atoms. The van der Waals surface area contributed by atoms with Crippen LogP contribution in [0.15, 0.2) is 24.5 Å². The number of anilines is 1. The molecule has 0 radical (unpaired) electrons. The third-order valence-electron chi connectivity index (χ3n) is 5.48. The summed E-state index contributed by atoms with van der Waals surface area (Å²) in [6, 6.07) is 3.99. The molecule has 156 valence electrons. The molecule has 2 atom stereocenters. The fraction of sp³-hybridized carbons (Fsp3) is 0.545. The molecule has 1 aliphatic rings. The number of fused-ring (bicyclic) bond motifs is 1. The average molecular weight is 399 g/mol. The molecule has 0 aliphatic carbocycles. The SMILES string of the molecule is Cc1ncc([C@@H](CCCCCC(O)c2ccc3c(n2)NCCC3)CC(=O)O)cn1. The van der Waals surface area contributed by atoms with E-state index in [1.807, 2.05) is 13.0 Å². The highest BCUT2D eigenvalue weighted by Gasteiger charge is 2.17. The van der Waals surface area contributed by atoms with Crippen molar-refractivity contribution in [2.75, 3.05) is 11.9 Å². The van der Waals surface area contributed by atoms with E-state index in [-0.39, 0.29) is 12.3 Å². The van der Waals surface area contributed by atoms with Crippen molar-refractivity contribution in [1.82, 2.24) is 15.0 Å². The maximum Gasteiger partial charge on any atom is 0.303 e. The monoisotopic (exact) mass is 398 g/mol. The quantitative estimate of drug-likeness (QED) is 0.523. The zero-order valence-electron chi connectivity index (χ0n) is 17.0. The first-order valence-electron chi connectivity index (χ1n) is 10.4. The molecule has 0 spiro atoms. The Balaban J connectivity index is 1.45. The van der Waals surface area contributed by atoms with E-state index in [4.69, 9.17) is 0 Å². The normalized spacial score (nSPS) is 15.2. The van der Waals surface area contributed by atoms with E-state index in [0.29, 0.717) is 12.2 Å². The van der Waals surface area contributed by atoms with Crippen molar-refractivity contribution < 1.29 is 15.0 Å². The summed E-state index contributed by atoms with van der Waals surface area (Å²) in [5, 5.41) is 23.0. The van der Waals surface area contributed by atoms with Crippen molar-refractivity contribution in [3.05, 3.63) is 47.2 Å². The van der Waals surface area contributed by atoms with E-state index in [2.05, 4.69) is 26.3 Å². The van der Waals surface area contributed by atoms with Crippen molar-refractivity contribution in [2.45, 2.75) is 70.3 Å².